The van der Waals surface area contributed by atoms with Gasteiger partial charge in [0, 0.05) is 13.2 Å². The van der Waals surface area contributed by atoms with Crippen LogP contribution < -0.4 is 10.6 Å². The second-order valence-corrected chi connectivity index (χ2v) is 3.43. The molecule has 4 heteroatoms. The van der Waals surface area contributed by atoms with E-state index >= 15 is 0 Å². The van der Waals surface area contributed by atoms with Gasteiger partial charge in [0.25, 0.3) is 0 Å². The van der Waals surface area contributed by atoms with Crippen molar-refractivity contribution in [2.45, 2.75) is 31.7 Å². The third-order valence-electron chi connectivity index (χ3n) is 2.34. The first-order chi connectivity index (χ1) is 6.93. The van der Waals surface area contributed by atoms with Gasteiger partial charge < -0.3 is 20.8 Å². The summed E-state index contributed by atoms with van der Waals surface area (Å²) in [7, 11) is 1.00. The first-order valence-corrected chi connectivity index (χ1v) is 5.43. The van der Waals surface area contributed by atoms with Crippen LogP contribution in [0.3, 0.4) is 0 Å². The molecule has 2 saturated heterocycles. The lowest BCUT2D eigenvalue weighted by molar-refractivity contribution is 0.255. The lowest BCUT2D eigenvalue weighted by Gasteiger charge is -2.01. The summed E-state index contributed by atoms with van der Waals surface area (Å²) in [4.78, 5) is 0. The summed E-state index contributed by atoms with van der Waals surface area (Å²) in [5.41, 5.74) is 0. The van der Waals surface area contributed by atoms with Gasteiger partial charge in [-0.05, 0) is 45.3 Å². The van der Waals surface area contributed by atoms with Crippen molar-refractivity contribution < 1.29 is 10.2 Å². The molecular formula is C10H24N2O2. The minimum absolute atomic E-state index is 0.306. The number of rotatable bonds is 1. The number of hydrogen-bond acceptors (Lipinski definition) is 4. The summed E-state index contributed by atoms with van der Waals surface area (Å²) in [6.07, 6.45) is 5.15. The van der Waals surface area contributed by atoms with Gasteiger partial charge in [0.05, 0.1) is 6.61 Å². The molecular weight excluding hydrogens is 180 g/mol. The van der Waals surface area contributed by atoms with Crippen LogP contribution in [0.4, 0.5) is 0 Å². The summed E-state index contributed by atoms with van der Waals surface area (Å²) in [6, 6.07) is 0.403. The van der Waals surface area contributed by atoms with Gasteiger partial charge >= 0.3 is 0 Å². The second kappa shape index (κ2) is 10.9. The number of aliphatic hydroxyl groups excluding tert-OH is 2. The number of aliphatic hydroxyl groups is 2. The van der Waals surface area contributed by atoms with E-state index in [9.17, 15) is 0 Å². The molecule has 14 heavy (non-hydrogen) atoms. The molecule has 0 saturated carbocycles. The summed E-state index contributed by atoms with van der Waals surface area (Å²) in [5.74, 6) is 0. The van der Waals surface area contributed by atoms with Crippen LogP contribution >= 0.6 is 0 Å². The van der Waals surface area contributed by atoms with Crippen molar-refractivity contribution in [2.75, 3.05) is 33.4 Å². The van der Waals surface area contributed by atoms with E-state index in [2.05, 4.69) is 10.6 Å². The Hall–Kier alpha value is -0.160. The third-order valence-corrected chi connectivity index (χ3v) is 2.34. The molecule has 4 N–H and O–H groups in total. The molecule has 2 fully saturated rings. The minimum Gasteiger partial charge on any atom is -0.400 e. The fourth-order valence-corrected chi connectivity index (χ4v) is 1.54. The Labute approximate surface area is 86.7 Å². The minimum atomic E-state index is 0.306. The van der Waals surface area contributed by atoms with E-state index in [-0.39, 0.29) is 0 Å². The first-order valence-electron chi connectivity index (χ1n) is 5.43. The maximum Gasteiger partial charge on any atom is 0.0584 e. The van der Waals surface area contributed by atoms with Crippen LogP contribution in [0.1, 0.15) is 25.7 Å². The molecule has 2 heterocycles. The molecule has 0 spiro atoms. The Kier molecular flexibility index (Phi) is 10.8. The highest BCUT2D eigenvalue weighted by atomic mass is 16.3. The first kappa shape index (κ1) is 13.8. The van der Waals surface area contributed by atoms with Gasteiger partial charge in [0.1, 0.15) is 0 Å². The van der Waals surface area contributed by atoms with Crippen LogP contribution in [-0.4, -0.2) is 49.6 Å². The average molecular weight is 204 g/mol. The zero-order valence-electron chi connectivity index (χ0n) is 9.13. The van der Waals surface area contributed by atoms with Gasteiger partial charge in [-0.25, -0.2) is 0 Å². The van der Waals surface area contributed by atoms with Crippen molar-refractivity contribution in [3.63, 3.8) is 0 Å². The van der Waals surface area contributed by atoms with E-state index in [1.54, 1.807) is 0 Å². The quantitative estimate of drug-likeness (QED) is 0.474. The van der Waals surface area contributed by atoms with E-state index in [0.717, 1.165) is 20.1 Å². The molecule has 0 aromatic rings. The Morgan fingerprint density at radius 1 is 1.07 bits per heavy atom. The highest BCUT2D eigenvalue weighted by Crippen LogP contribution is 2.02. The van der Waals surface area contributed by atoms with Gasteiger partial charge in [0.15, 0.2) is 0 Å². The Bertz CT molecular complexity index is 94.7. The molecule has 0 amide bonds. The highest BCUT2D eigenvalue weighted by molar-refractivity contribution is 4.71. The molecule has 2 aliphatic heterocycles. The van der Waals surface area contributed by atoms with E-state index in [4.69, 9.17) is 10.2 Å². The Morgan fingerprint density at radius 2 is 1.71 bits per heavy atom. The normalized spacial score (nSPS) is 24.6. The highest BCUT2D eigenvalue weighted by Gasteiger charge is 2.10. The zero-order chi connectivity index (χ0) is 10.6. The molecule has 2 rings (SSSR count). The molecule has 86 valence electrons. The van der Waals surface area contributed by atoms with Gasteiger partial charge in [-0.2, -0.15) is 0 Å². The van der Waals surface area contributed by atoms with Crippen LogP contribution in [0.5, 0.6) is 0 Å². The SMILES string of the molecule is C1CCNC1.CO.OC[C@@H]1CCCN1. The number of hydrogen-bond donors (Lipinski definition) is 4. The van der Waals surface area contributed by atoms with Gasteiger partial charge in [-0.3, -0.25) is 0 Å². The van der Waals surface area contributed by atoms with Crippen LogP contribution in [0.2, 0.25) is 0 Å². The van der Waals surface area contributed by atoms with Gasteiger partial charge in [-0.1, -0.05) is 0 Å². The van der Waals surface area contributed by atoms with Crippen LogP contribution in [0.25, 0.3) is 0 Å². The average Bonchev–Trinajstić information content (AvgIpc) is 2.97. The maximum absolute atomic E-state index is 8.50. The van der Waals surface area contributed by atoms with Crippen molar-refractivity contribution in [1.82, 2.24) is 10.6 Å². The summed E-state index contributed by atoms with van der Waals surface area (Å²) < 4.78 is 0. The molecule has 0 bridgehead atoms. The zero-order valence-corrected chi connectivity index (χ0v) is 9.13. The van der Waals surface area contributed by atoms with Crippen molar-refractivity contribution in [3.05, 3.63) is 0 Å². The van der Waals surface area contributed by atoms with Gasteiger partial charge in [0.2, 0.25) is 0 Å². The van der Waals surface area contributed by atoms with Crippen molar-refractivity contribution >= 4 is 0 Å². The summed E-state index contributed by atoms with van der Waals surface area (Å²) in [5, 5.41) is 21.9. The van der Waals surface area contributed by atoms with Gasteiger partial charge in [-0.15, -0.1) is 0 Å². The molecule has 4 nitrogen and oxygen atoms in total. The summed E-state index contributed by atoms with van der Waals surface area (Å²) in [6.45, 7) is 3.89. The standard InChI is InChI=1S/C5H11NO.C4H9N.CH4O/c7-4-5-2-1-3-6-5;1-2-4-5-3-1;1-2/h5-7H,1-4H2;5H,1-4H2;2H,1H3/t5-;;/m0../s1. The topological polar surface area (TPSA) is 64.5 Å². The van der Waals surface area contributed by atoms with E-state index < -0.39 is 0 Å². The smallest absolute Gasteiger partial charge is 0.0584 e. The molecule has 0 radical (unpaired) electrons. The predicted molar refractivity (Wildman–Crippen MR) is 58.4 cm³/mol. The monoisotopic (exact) mass is 204 g/mol. The van der Waals surface area contributed by atoms with E-state index in [0.29, 0.717) is 12.6 Å². The molecule has 0 unspecified atom stereocenters. The van der Waals surface area contributed by atoms with E-state index in [1.807, 2.05) is 0 Å². The number of nitrogens with one attached hydrogen (secondary N) is 2. The van der Waals surface area contributed by atoms with E-state index in [1.165, 1.54) is 32.4 Å². The van der Waals surface area contributed by atoms with Crippen LogP contribution in [-0.2, 0) is 0 Å². The lowest BCUT2D eigenvalue weighted by Crippen LogP contribution is -2.24. The fourth-order valence-electron chi connectivity index (χ4n) is 1.54. The summed E-state index contributed by atoms with van der Waals surface area (Å²) >= 11 is 0. The molecule has 0 aliphatic carbocycles. The Morgan fingerprint density at radius 3 is 1.93 bits per heavy atom. The fraction of sp³-hybridized carbons (Fsp3) is 1.00. The Balaban J connectivity index is 0.000000213. The van der Waals surface area contributed by atoms with Crippen molar-refractivity contribution in [1.29, 1.82) is 0 Å². The van der Waals surface area contributed by atoms with Crippen LogP contribution in [0, 0.1) is 0 Å². The molecule has 0 aromatic heterocycles. The molecule has 1 atom stereocenters. The largest absolute Gasteiger partial charge is 0.400 e. The second-order valence-electron chi connectivity index (χ2n) is 3.43. The van der Waals surface area contributed by atoms with Crippen LogP contribution in [0.15, 0.2) is 0 Å². The van der Waals surface area contributed by atoms with Crippen molar-refractivity contribution in [2.24, 2.45) is 0 Å². The molecule has 2 aliphatic rings. The van der Waals surface area contributed by atoms with Crippen molar-refractivity contribution in [3.8, 4) is 0 Å². The molecule has 0 aromatic carbocycles. The maximum atomic E-state index is 8.50. The third kappa shape index (κ3) is 7.26. The predicted octanol–water partition coefficient (Wildman–Crippen LogP) is -0.291. The lowest BCUT2D eigenvalue weighted by atomic mass is 10.2.